The average Bonchev–Trinajstić information content (AvgIpc) is 3.10. The molecule has 6 heteroatoms. The van der Waals surface area contributed by atoms with Crippen LogP contribution in [-0.4, -0.2) is 65.0 Å². The van der Waals surface area contributed by atoms with E-state index < -0.39 is 10.8 Å². The van der Waals surface area contributed by atoms with Crippen molar-refractivity contribution in [1.82, 2.24) is 10.2 Å². The SMILES string of the molecule is CN=C(NCCS(=O)C(C)(C)C)N1CCC(OCC2CCCC2)CC1. The van der Waals surface area contributed by atoms with Crippen LogP contribution in [0, 0.1) is 5.92 Å². The fourth-order valence-corrected chi connectivity index (χ4v) is 4.48. The zero-order valence-corrected chi connectivity index (χ0v) is 17.4. The van der Waals surface area contributed by atoms with E-state index >= 15 is 0 Å². The largest absolute Gasteiger partial charge is 0.378 e. The Morgan fingerprint density at radius 2 is 1.84 bits per heavy atom. The number of likely N-dealkylation sites (tertiary alicyclic amines) is 1. The van der Waals surface area contributed by atoms with Crippen LogP contribution in [0.3, 0.4) is 0 Å². The van der Waals surface area contributed by atoms with Gasteiger partial charge in [-0.15, -0.1) is 0 Å². The quantitative estimate of drug-likeness (QED) is 0.576. The minimum atomic E-state index is -0.827. The maximum Gasteiger partial charge on any atom is 0.193 e. The summed E-state index contributed by atoms with van der Waals surface area (Å²) in [5.41, 5.74) is 0. The monoisotopic (exact) mass is 371 g/mol. The fourth-order valence-electron chi connectivity index (χ4n) is 3.58. The molecule has 1 saturated carbocycles. The topological polar surface area (TPSA) is 53.9 Å². The summed E-state index contributed by atoms with van der Waals surface area (Å²) in [6.45, 7) is 9.69. The third-order valence-corrected chi connectivity index (χ3v) is 7.19. The van der Waals surface area contributed by atoms with Crippen molar-refractivity contribution in [3.63, 3.8) is 0 Å². The van der Waals surface area contributed by atoms with Crippen molar-refractivity contribution in [2.45, 2.75) is 70.1 Å². The molecule has 5 nitrogen and oxygen atoms in total. The van der Waals surface area contributed by atoms with E-state index in [1.807, 2.05) is 27.8 Å². The van der Waals surface area contributed by atoms with Gasteiger partial charge in [-0.05, 0) is 52.4 Å². The lowest BCUT2D eigenvalue weighted by Crippen LogP contribution is -2.48. The van der Waals surface area contributed by atoms with Crippen molar-refractivity contribution in [2.24, 2.45) is 10.9 Å². The minimum Gasteiger partial charge on any atom is -0.378 e. The van der Waals surface area contributed by atoms with Gasteiger partial charge in [-0.1, -0.05) is 12.8 Å². The summed E-state index contributed by atoms with van der Waals surface area (Å²) >= 11 is 0. The minimum absolute atomic E-state index is 0.153. The van der Waals surface area contributed by atoms with E-state index in [9.17, 15) is 4.21 Å². The first-order valence-corrected chi connectivity index (χ1v) is 11.2. The molecular formula is C19H37N3O2S. The van der Waals surface area contributed by atoms with Crippen molar-refractivity contribution in [1.29, 1.82) is 0 Å². The molecule has 1 saturated heterocycles. The van der Waals surface area contributed by atoms with Crippen LogP contribution in [0.2, 0.25) is 0 Å². The number of piperidine rings is 1. The Hall–Kier alpha value is -0.620. The van der Waals surface area contributed by atoms with Gasteiger partial charge in [-0.2, -0.15) is 0 Å². The van der Waals surface area contributed by atoms with Crippen molar-refractivity contribution < 1.29 is 8.95 Å². The van der Waals surface area contributed by atoms with Crippen LogP contribution in [0.5, 0.6) is 0 Å². The van der Waals surface area contributed by atoms with E-state index in [-0.39, 0.29) is 4.75 Å². The van der Waals surface area contributed by atoms with Gasteiger partial charge in [-0.25, -0.2) is 0 Å². The molecule has 0 amide bonds. The van der Waals surface area contributed by atoms with Crippen LogP contribution in [0.1, 0.15) is 59.3 Å². The van der Waals surface area contributed by atoms with Crippen LogP contribution in [0.4, 0.5) is 0 Å². The summed E-state index contributed by atoms with van der Waals surface area (Å²) in [5.74, 6) is 2.39. The normalized spacial score (nSPS) is 22.4. The van der Waals surface area contributed by atoms with E-state index in [0.29, 0.717) is 18.4 Å². The number of nitrogens with zero attached hydrogens (tertiary/aromatic N) is 2. The highest BCUT2D eigenvalue weighted by atomic mass is 32.2. The Balaban J connectivity index is 1.66. The van der Waals surface area contributed by atoms with E-state index in [1.54, 1.807) is 0 Å². The summed E-state index contributed by atoms with van der Waals surface area (Å²) in [7, 11) is 0.999. The van der Waals surface area contributed by atoms with Crippen LogP contribution in [0.25, 0.3) is 0 Å². The molecule has 1 aliphatic heterocycles. The molecule has 0 aromatic rings. The second-order valence-electron chi connectivity index (χ2n) is 8.31. The molecular weight excluding hydrogens is 334 g/mol. The fraction of sp³-hybridized carbons (Fsp3) is 0.947. The van der Waals surface area contributed by atoms with Gasteiger partial charge < -0.3 is 15.0 Å². The lowest BCUT2D eigenvalue weighted by Gasteiger charge is -2.34. The average molecular weight is 372 g/mol. The van der Waals surface area contributed by atoms with Crippen molar-refractivity contribution in [2.75, 3.05) is 39.0 Å². The first-order valence-electron chi connectivity index (χ1n) is 9.86. The highest BCUT2D eigenvalue weighted by molar-refractivity contribution is 7.86. The van der Waals surface area contributed by atoms with Gasteiger partial charge in [0.05, 0.1) is 6.10 Å². The predicted molar refractivity (Wildman–Crippen MR) is 107 cm³/mol. The molecule has 0 radical (unpaired) electrons. The maximum absolute atomic E-state index is 12.1. The number of rotatable bonds is 6. The summed E-state index contributed by atoms with van der Waals surface area (Å²) in [5, 5.41) is 3.38. The molecule has 2 fully saturated rings. The molecule has 1 heterocycles. The van der Waals surface area contributed by atoms with E-state index in [2.05, 4.69) is 15.2 Å². The molecule has 1 aliphatic carbocycles. The third-order valence-electron chi connectivity index (χ3n) is 5.25. The van der Waals surface area contributed by atoms with Gasteiger partial charge >= 0.3 is 0 Å². The highest BCUT2D eigenvalue weighted by Crippen LogP contribution is 2.26. The summed E-state index contributed by atoms with van der Waals surface area (Å²) in [4.78, 5) is 6.70. The molecule has 0 bridgehead atoms. The van der Waals surface area contributed by atoms with Gasteiger partial charge in [0, 0.05) is 54.6 Å². The van der Waals surface area contributed by atoms with E-state index in [4.69, 9.17) is 4.74 Å². The molecule has 25 heavy (non-hydrogen) atoms. The number of nitrogens with one attached hydrogen (secondary N) is 1. The third kappa shape index (κ3) is 6.89. The number of ether oxygens (including phenoxy) is 1. The molecule has 1 unspecified atom stereocenters. The van der Waals surface area contributed by atoms with Crippen LogP contribution in [-0.2, 0) is 15.5 Å². The molecule has 146 valence electrons. The molecule has 1 N–H and O–H groups in total. The first-order chi connectivity index (χ1) is 11.9. The molecule has 1 atom stereocenters. The number of hydrogen-bond acceptors (Lipinski definition) is 3. The Morgan fingerprint density at radius 3 is 2.40 bits per heavy atom. The molecule has 2 rings (SSSR count). The number of guanidine groups is 1. The van der Waals surface area contributed by atoms with Crippen LogP contribution < -0.4 is 5.32 Å². The lowest BCUT2D eigenvalue weighted by molar-refractivity contribution is 0.00104. The molecule has 2 aliphatic rings. The Morgan fingerprint density at radius 1 is 1.20 bits per heavy atom. The number of aliphatic imine (C=N–C) groups is 1. The van der Waals surface area contributed by atoms with Crippen molar-refractivity contribution >= 4 is 16.8 Å². The highest BCUT2D eigenvalue weighted by Gasteiger charge is 2.24. The van der Waals surface area contributed by atoms with Crippen LogP contribution >= 0.6 is 0 Å². The molecule has 0 spiro atoms. The standard InChI is InChI=1S/C19H37N3O2S/c1-19(2,3)25(23)14-11-21-18(20-4)22-12-9-17(10-13-22)24-15-16-7-5-6-8-16/h16-17H,5-15H2,1-4H3,(H,20,21). The molecule has 0 aromatic carbocycles. The second-order valence-corrected chi connectivity index (χ2v) is 10.6. The lowest BCUT2D eigenvalue weighted by atomic mass is 10.1. The smallest absolute Gasteiger partial charge is 0.193 e. The zero-order chi connectivity index (χ0) is 18.3. The summed E-state index contributed by atoms with van der Waals surface area (Å²) in [6, 6.07) is 0. The Labute approximate surface area is 156 Å². The van der Waals surface area contributed by atoms with Crippen LogP contribution in [0.15, 0.2) is 4.99 Å². The maximum atomic E-state index is 12.1. The predicted octanol–water partition coefficient (Wildman–Crippen LogP) is 2.78. The molecule has 0 aromatic heterocycles. The second kappa shape index (κ2) is 9.91. The Kier molecular flexibility index (Phi) is 8.20. The number of hydrogen-bond donors (Lipinski definition) is 1. The first kappa shape index (κ1) is 20.7. The van der Waals surface area contributed by atoms with Gasteiger partial charge in [0.15, 0.2) is 5.96 Å². The summed E-state index contributed by atoms with van der Waals surface area (Å²) in [6.07, 6.45) is 8.02. The van der Waals surface area contributed by atoms with Crippen molar-refractivity contribution in [3.05, 3.63) is 0 Å². The zero-order valence-electron chi connectivity index (χ0n) is 16.6. The van der Waals surface area contributed by atoms with Gasteiger partial charge in [-0.3, -0.25) is 9.20 Å². The van der Waals surface area contributed by atoms with Gasteiger partial charge in [0.1, 0.15) is 0 Å². The van der Waals surface area contributed by atoms with Gasteiger partial charge in [0.25, 0.3) is 0 Å². The van der Waals surface area contributed by atoms with Gasteiger partial charge in [0.2, 0.25) is 0 Å². The van der Waals surface area contributed by atoms with E-state index in [1.165, 1.54) is 25.7 Å². The summed E-state index contributed by atoms with van der Waals surface area (Å²) < 4.78 is 18.1. The van der Waals surface area contributed by atoms with E-state index in [0.717, 1.165) is 44.4 Å². The Bertz CT molecular complexity index is 448. The van der Waals surface area contributed by atoms with Crippen molar-refractivity contribution in [3.8, 4) is 0 Å².